The van der Waals surface area contributed by atoms with Gasteiger partial charge < -0.3 is 19.5 Å². The summed E-state index contributed by atoms with van der Waals surface area (Å²) in [6.07, 6.45) is -0.466. The van der Waals surface area contributed by atoms with E-state index in [0.717, 1.165) is 24.6 Å². The van der Waals surface area contributed by atoms with E-state index in [1.54, 1.807) is 0 Å². The van der Waals surface area contributed by atoms with Crippen LogP contribution in [0.3, 0.4) is 0 Å². The molecule has 19 heavy (non-hydrogen) atoms. The minimum absolute atomic E-state index is 0.310. The molecule has 1 atom stereocenters. The fourth-order valence-electron chi connectivity index (χ4n) is 1.82. The Morgan fingerprint density at radius 1 is 1.00 bits per heavy atom. The molecule has 0 aliphatic heterocycles. The van der Waals surface area contributed by atoms with E-state index >= 15 is 0 Å². The van der Waals surface area contributed by atoms with Gasteiger partial charge >= 0.3 is 0 Å². The number of ether oxygens (including phenoxy) is 2. The van der Waals surface area contributed by atoms with Crippen molar-refractivity contribution in [2.45, 2.75) is 26.9 Å². The van der Waals surface area contributed by atoms with Gasteiger partial charge in [-0.1, -0.05) is 13.8 Å². The second-order valence-corrected chi connectivity index (χ2v) is 4.36. The van der Waals surface area contributed by atoms with E-state index in [1.807, 2.05) is 31.2 Å². The third-order valence-corrected chi connectivity index (χ3v) is 2.94. The molecule has 108 valence electrons. The first kappa shape index (κ1) is 15.8. The summed E-state index contributed by atoms with van der Waals surface area (Å²) in [7, 11) is 0. The van der Waals surface area contributed by atoms with Gasteiger partial charge in [-0.25, -0.2) is 0 Å². The van der Waals surface area contributed by atoms with Crippen LogP contribution >= 0.6 is 0 Å². The number of likely N-dealkylation sites (N-methyl/N-ethyl adjacent to an activating group) is 1. The maximum Gasteiger partial charge on any atom is 0.119 e. The Kier molecular flexibility index (Phi) is 7.30. The van der Waals surface area contributed by atoms with Gasteiger partial charge in [0.2, 0.25) is 0 Å². The lowest BCUT2D eigenvalue weighted by Crippen LogP contribution is -2.35. The molecule has 0 unspecified atom stereocenters. The van der Waals surface area contributed by atoms with Crippen molar-refractivity contribution in [2.24, 2.45) is 0 Å². The highest BCUT2D eigenvalue weighted by Crippen LogP contribution is 2.17. The van der Waals surface area contributed by atoms with Crippen molar-refractivity contribution in [2.75, 3.05) is 32.8 Å². The third kappa shape index (κ3) is 5.94. The van der Waals surface area contributed by atoms with Crippen LogP contribution in [0.4, 0.5) is 0 Å². The summed E-state index contributed by atoms with van der Waals surface area (Å²) in [6.45, 7) is 9.62. The SMILES string of the molecule is CCOc1ccc(OC[C@@H](O)CN(CC)CC)cc1. The smallest absolute Gasteiger partial charge is 0.119 e. The van der Waals surface area contributed by atoms with Gasteiger partial charge in [0.15, 0.2) is 0 Å². The first-order chi connectivity index (χ1) is 9.19. The topological polar surface area (TPSA) is 41.9 Å². The van der Waals surface area contributed by atoms with Crippen LogP contribution in [0.25, 0.3) is 0 Å². The highest BCUT2D eigenvalue weighted by molar-refractivity contribution is 5.31. The molecule has 1 aromatic carbocycles. The lowest BCUT2D eigenvalue weighted by molar-refractivity contribution is 0.0716. The third-order valence-electron chi connectivity index (χ3n) is 2.94. The summed E-state index contributed by atoms with van der Waals surface area (Å²) >= 11 is 0. The normalized spacial score (nSPS) is 12.5. The van der Waals surface area contributed by atoms with Gasteiger partial charge in [0, 0.05) is 6.54 Å². The van der Waals surface area contributed by atoms with Gasteiger partial charge in [0.1, 0.15) is 24.2 Å². The van der Waals surface area contributed by atoms with Crippen molar-refractivity contribution >= 4 is 0 Å². The second kappa shape index (κ2) is 8.77. The van der Waals surface area contributed by atoms with Gasteiger partial charge in [0.25, 0.3) is 0 Å². The molecule has 4 nitrogen and oxygen atoms in total. The fourth-order valence-corrected chi connectivity index (χ4v) is 1.82. The Morgan fingerprint density at radius 3 is 2.00 bits per heavy atom. The van der Waals surface area contributed by atoms with E-state index in [4.69, 9.17) is 9.47 Å². The molecular weight excluding hydrogens is 242 g/mol. The molecule has 4 heteroatoms. The second-order valence-electron chi connectivity index (χ2n) is 4.36. The molecule has 0 radical (unpaired) electrons. The molecule has 1 aromatic rings. The zero-order valence-electron chi connectivity index (χ0n) is 12.1. The van der Waals surface area contributed by atoms with E-state index in [-0.39, 0.29) is 0 Å². The number of hydrogen-bond donors (Lipinski definition) is 1. The maximum absolute atomic E-state index is 9.89. The Bertz CT molecular complexity index is 336. The minimum atomic E-state index is -0.466. The average molecular weight is 267 g/mol. The van der Waals surface area contributed by atoms with Crippen molar-refractivity contribution in [3.63, 3.8) is 0 Å². The molecule has 0 saturated carbocycles. The number of rotatable bonds is 9. The van der Waals surface area contributed by atoms with Crippen LogP contribution in [-0.4, -0.2) is 49.0 Å². The Labute approximate surface area is 115 Å². The molecule has 1 rings (SSSR count). The predicted molar refractivity (Wildman–Crippen MR) is 76.9 cm³/mol. The van der Waals surface area contributed by atoms with E-state index in [9.17, 15) is 5.11 Å². The van der Waals surface area contributed by atoms with Crippen LogP contribution in [0.15, 0.2) is 24.3 Å². The molecular formula is C15H25NO3. The van der Waals surface area contributed by atoms with E-state index < -0.39 is 6.10 Å². The summed E-state index contributed by atoms with van der Waals surface area (Å²) in [5.41, 5.74) is 0. The summed E-state index contributed by atoms with van der Waals surface area (Å²) in [5.74, 6) is 1.58. The Hall–Kier alpha value is -1.26. The number of nitrogens with zero attached hydrogens (tertiary/aromatic N) is 1. The van der Waals surface area contributed by atoms with Crippen LogP contribution in [0.1, 0.15) is 20.8 Å². The first-order valence-corrected chi connectivity index (χ1v) is 6.95. The van der Waals surface area contributed by atoms with Gasteiger partial charge in [0.05, 0.1) is 6.61 Å². The molecule has 0 saturated heterocycles. The standard InChI is InChI=1S/C15H25NO3/c1-4-16(5-2)11-13(17)12-19-15-9-7-14(8-10-15)18-6-3/h7-10,13,17H,4-6,11-12H2,1-3H3/t13-/m0/s1. The lowest BCUT2D eigenvalue weighted by atomic mass is 10.3. The fraction of sp³-hybridized carbons (Fsp3) is 0.600. The molecule has 0 spiro atoms. The number of aliphatic hydroxyl groups is 1. The monoisotopic (exact) mass is 267 g/mol. The molecule has 0 heterocycles. The summed E-state index contributed by atoms with van der Waals surface area (Å²) in [6, 6.07) is 7.45. The quantitative estimate of drug-likeness (QED) is 0.744. The van der Waals surface area contributed by atoms with Crippen molar-refractivity contribution in [1.29, 1.82) is 0 Å². The van der Waals surface area contributed by atoms with Crippen LogP contribution in [0.5, 0.6) is 11.5 Å². The van der Waals surface area contributed by atoms with Gasteiger partial charge in [-0.2, -0.15) is 0 Å². The number of aliphatic hydroxyl groups excluding tert-OH is 1. The maximum atomic E-state index is 9.89. The van der Waals surface area contributed by atoms with Gasteiger partial charge in [-0.3, -0.25) is 0 Å². The average Bonchev–Trinajstić information content (AvgIpc) is 2.44. The van der Waals surface area contributed by atoms with Gasteiger partial charge in [-0.05, 0) is 44.3 Å². The highest BCUT2D eigenvalue weighted by atomic mass is 16.5. The Balaban J connectivity index is 2.35. The zero-order valence-corrected chi connectivity index (χ0v) is 12.1. The number of benzene rings is 1. The molecule has 1 N–H and O–H groups in total. The van der Waals surface area contributed by atoms with Crippen molar-refractivity contribution in [1.82, 2.24) is 4.90 Å². The van der Waals surface area contributed by atoms with Crippen molar-refractivity contribution in [3.05, 3.63) is 24.3 Å². The molecule has 0 aliphatic carbocycles. The molecule has 0 fully saturated rings. The van der Waals surface area contributed by atoms with Crippen LogP contribution in [-0.2, 0) is 0 Å². The summed E-state index contributed by atoms with van der Waals surface area (Å²) in [4.78, 5) is 2.17. The van der Waals surface area contributed by atoms with E-state index in [2.05, 4.69) is 18.7 Å². The van der Waals surface area contributed by atoms with Gasteiger partial charge in [-0.15, -0.1) is 0 Å². The lowest BCUT2D eigenvalue weighted by Gasteiger charge is -2.21. The first-order valence-electron chi connectivity index (χ1n) is 6.95. The summed E-state index contributed by atoms with van der Waals surface area (Å²) in [5, 5.41) is 9.89. The van der Waals surface area contributed by atoms with Crippen LogP contribution < -0.4 is 9.47 Å². The van der Waals surface area contributed by atoms with Crippen molar-refractivity contribution < 1.29 is 14.6 Å². The molecule has 0 amide bonds. The molecule has 0 bridgehead atoms. The predicted octanol–water partition coefficient (Wildman–Crippen LogP) is 2.17. The minimum Gasteiger partial charge on any atom is -0.494 e. The zero-order chi connectivity index (χ0) is 14.1. The van der Waals surface area contributed by atoms with E-state index in [1.165, 1.54) is 0 Å². The van der Waals surface area contributed by atoms with Crippen molar-refractivity contribution in [3.8, 4) is 11.5 Å². The largest absolute Gasteiger partial charge is 0.494 e. The molecule has 0 aliphatic rings. The molecule has 0 aromatic heterocycles. The summed E-state index contributed by atoms with van der Waals surface area (Å²) < 4.78 is 10.9. The van der Waals surface area contributed by atoms with Crippen LogP contribution in [0.2, 0.25) is 0 Å². The Morgan fingerprint density at radius 2 is 1.53 bits per heavy atom. The van der Waals surface area contributed by atoms with E-state index in [0.29, 0.717) is 19.8 Å². The highest BCUT2D eigenvalue weighted by Gasteiger charge is 2.09. The number of hydrogen-bond acceptors (Lipinski definition) is 4. The van der Waals surface area contributed by atoms with Crippen LogP contribution in [0, 0.1) is 0 Å².